The third-order valence-electron chi connectivity index (χ3n) is 2.63. The van der Waals surface area contributed by atoms with E-state index in [9.17, 15) is 0 Å². The molecule has 0 fully saturated rings. The molecule has 1 heterocycles. The first-order valence-electron chi connectivity index (χ1n) is 5.87. The van der Waals surface area contributed by atoms with Crippen molar-refractivity contribution in [1.29, 1.82) is 0 Å². The maximum absolute atomic E-state index is 6.05. The molecule has 2 rings (SSSR count). The Morgan fingerprint density at radius 3 is 2.65 bits per heavy atom. The lowest BCUT2D eigenvalue weighted by Crippen LogP contribution is -2.35. The van der Waals surface area contributed by atoms with Crippen molar-refractivity contribution in [3.63, 3.8) is 0 Å². The molecule has 0 amide bonds. The number of hydrogen-bond acceptors (Lipinski definition) is 3. The summed E-state index contributed by atoms with van der Waals surface area (Å²) < 4.78 is 5.23. The van der Waals surface area contributed by atoms with Gasteiger partial charge in [-0.05, 0) is 24.1 Å². The Labute approximate surface area is 102 Å². The predicted octanol–water partition coefficient (Wildman–Crippen LogP) is 1.94. The first kappa shape index (κ1) is 11.9. The minimum absolute atomic E-state index is 0.132. The maximum Gasteiger partial charge on any atom is 0.117 e. The van der Waals surface area contributed by atoms with Gasteiger partial charge in [0.2, 0.25) is 0 Å². The fourth-order valence-corrected chi connectivity index (χ4v) is 1.78. The van der Waals surface area contributed by atoms with Gasteiger partial charge in [0.25, 0.3) is 0 Å². The normalized spacial score (nSPS) is 12.5. The second-order valence-corrected chi connectivity index (χ2v) is 4.16. The van der Waals surface area contributed by atoms with E-state index in [1.165, 1.54) is 5.56 Å². The molecule has 2 aromatic rings. The summed E-state index contributed by atoms with van der Waals surface area (Å²) in [5, 5.41) is 3.29. The highest BCUT2D eigenvalue weighted by Crippen LogP contribution is 2.02. The van der Waals surface area contributed by atoms with Crippen LogP contribution in [0.25, 0.3) is 0 Å². The molecular weight excluding hydrogens is 212 g/mol. The van der Waals surface area contributed by atoms with Gasteiger partial charge >= 0.3 is 0 Å². The molecule has 0 saturated carbocycles. The van der Waals surface area contributed by atoms with Crippen LogP contribution in [0.5, 0.6) is 0 Å². The maximum atomic E-state index is 6.05. The van der Waals surface area contributed by atoms with Crippen LogP contribution in [0.3, 0.4) is 0 Å². The van der Waals surface area contributed by atoms with E-state index in [0.717, 1.165) is 25.3 Å². The van der Waals surface area contributed by atoms with Crippen LogP contribution in [0.2, 0.25) is 0 Å². The largest absolute Gasteiger partial charge is 0.468 e. The standard InChI is InChI=1S/C14H18N2O/c15-13(9-12-5-2-1-3-6-12)10-16-11-14-7-4-8-17-14/h1-8,13,16H,9-11,15H2. The van der Waals surface area contributed by atoms with E-state index in [0.29, 0.717) is 0 Å². The Hall–Kier alpha value is -1.58. The Balaban J connectivity index is 1.69. The van der Waals surface area contributed by atoms with Gasteiger partial charge in [-0.3, -0.25) is 0 Å². The number of hydrogen-bond donors (Lipinski definition) is 2. The SMILES string of the molecule is NC(CNCc1ccco1)Cc1ccccc1. The summed E-state index contributed by atoms with van der Waals surface area (Å²) in [6.07, 6.45) is 2.58. The quantitative estimate of drug-likeness (QED) is 0.797. The average molecular weight is 230 g/mol. The number of benzene rings is 1. The molecule has 1 aromatic carbocycles. The molecule has 90 valence electrons. The second kappa shape index (κ2) is 6.23. The van der Waals surface area contributed by atoms with E-state index in [-0.39, 0.29) is 6.04 Å². The van der Waals surface area contributed by atoms with Gasteiger partial charge in [-0.1, -0.05) is 30.3 Å². The Kier molecular flexibility index (Phi) is 4.36. The van der Waals surface area contributed by atoms with E-state index >= 15 is 0 Å². The predicted molar refractivity (Wildman–Crippen MR) is 68.5 cm³/mol. The number of nitrogens with one attached hydrogen (secondary N) is 1. The molecule has 17 heavy (non-hydrogen) atoms. The fourth-order valence-electron chi connectivity index (χ4n) is 1.78. The highest BCUT2D eigenvalue weighted by molar-refractivity contribution is 5.15. The van der Waals surface area contributed by atoms with Gasteiger partial charge in [0.15, 0.2) is 0 Å². The minimum Gasteiger partial charge on any atom is -0.468 e. The van der Waals surface area contributed by atoms with Gasteiger partial charge in [0.05, 0.1) is 12.8 Å². The molecular formula is C14H18N2O. The lowest BCUT2D eigenvalue weighted by atomic mass is 10.1. The zero-order valence-electron chi connectivity index (χ0n) is 9.80. The highest BCUT2D eigenvalue weighted by Gasteiger charge is 2.03. The lowest BCUT2D eigenvalue weighted by molar-refractivity contribution is 0.471. The average Bonchev–Trinajstić information content (AvgIpc) is 2.83. The van der Waals surface area contributed by atoms with Gasteiger partial charge in [-0.25, -0.2) is 0 Å². The molecule has 3 N–H and O–H groups in total. The van der Waals surface area contributed by atoms with Crippen molar-refractivity contribution in [3.05, 3.63) is 60.1 Å². The van der Waals surface area contributed by atoms with Crippen molar-refractivity contribution in [2.45, 2.75) is 19.0 Å². The van der Waals surface area contributed by atoms with Crippen molar-refractivity contribution < 1.29 is 4.42 Å². The minimum atomic E-state index is 0.132. The van der Waals surface area contributed by atoms with Crippen LogP contribution in [-0.4, -0.2) is 12.6 Å². The van der Waals surface area contributed by atoms with Crippen LogP contribution in [0.1, 0.15) is 11.3 Å². The third-order valence-corrected chi connectivity index (χ3v) is 2.63. The molecule has 0 radical (unpaired) electrons. The van der Waals surface area contributed by atoms with Crippen molar-refractivity contribution in [1.82, 2.24) is 5.32 Å². The molecule has 0 saturated heterocycles. The second-order valence-electron chi connectivity index (χ2n) is 4.16. The molecule has 0 spiro atoms. The topological polar surface area (TPSA) is 51.2 Å². The van der Waals surface area contributed by atoms with E-state index in [1.807, 2.05) is 30.3 Å². The first-order chi connectivity index (χ1) is 8.34. The van der Waals surface area contributed by atoms with Crippen molar-refractivity contribution in [3.8, 4) is 0 Å². The molecule has 3 heteroatoms. The zero-order chi connectivity index (χ0) is 11.9. The molecule has 1 unspecified atom stereocenters. The van der Waals surface area contributed by atoms with Crippen LogP contribution in [0, 0.1) is 0 Å². The molecule has 0 aliphatic rings. The smallest absolute Gasteiger partial charge is 0.117 e. The van der Waals surface area contributed by atoms with Crippen LogP contribution >= 0.6 is 0 Å². The molecule has 0 aliphatic carbocycles. The van der Waals surface area contributed by atoms with Crippen molar-refractivity contribution in [2.75, 3.05) is 6.54 Å². The summed E-state index contributed by atoms with van der Waals surface area (Å²) in [5.41, 5.74) is 7.33. The van der Waals surface area contributed by atoms with Gasteiger partial charge in [0.1, 0.15) is 5.76 Å². The molecule has 1 aromatic heterocycles. The van der Waals surface area contributed by atoms with E-state index in [1.54, 1.807) is 6.26 Å². The Morgan fingerprint density at radius 1 is 1.12 bits per heavy atom. The summed E-state index contributed by atoms with van der Waals surface area (Å²) >= 11 is 0. The molecule has 1 atom stereocenters. The fraction of sp³-hybridized carbons (Fsp3) is 0.286. The molecule has 3 nitrogen and oxygen atoms in total. The lowest BCUT2D eigenvalue weighted by Gasteiger charge is -2.12. The summed E-state index contributed by atoms with van der Waals surface area (Å²) in [4.78, 5) is 0. The van der Waals surface area contributed by atoms with Gasteiger partial charge < -0.3 is 15.5 Å². The third kappa shape index (κ3) is 4.06. The summed E-state index contributed by atoms with van der Waals surface area (Å²) in [6.45, 7) is 1.52. The number of nitrogens with two attached hydrogens (primary N) is 1. The Bertz CT molecular complexity index is 411. The molecule has 0 aliphatic heterocycles. The van der Waals surface area contributed by atoms with Crippen LogP contribution < -0.4 is 11.1 Å². The van der Waals surface area contributed by atoms with E-state index in [2.05, 4.69) is 17.4 Å². The van der Waals surface area contributed by atoms with Gasteiger partial charge in [-0.15, -0.1) is 0 Å². The van der Waals surface area contributed by atoms with Crippen LogP contribution in [0.4, 0.5) is 0 Å². The van der Waals surface area contributed by atoms with Crippen molar-refractivity contribution >= 4 is 0 Å². The number of furan rings is 1. The first-order valence-corrected chi connectivity index (χ1v) is 5.87. The summed E-state index contributed by atoms with van der Waals surface area (Å²) in [7, 11) is 0. The van der Waals surface area contributed by atoms with E-state index in [4.69, 9.17) is 10.2 Å². The van der Waals surface area contributed by atoms with Crippen molar-refractivity contribution in [2.24, 2.45) is 5.73 Å². The molecule has 0 bridgehead atoms. The van der Waals surface area contributed by atoms with Crippen LogP contribution in [-0.2, 0) is 13.0 Å². The monoisotopic (exact) mass is 230 g/mol. The number of rotatable bonds is 6. The van der Waals surface area contributed by atoms with Crippen LogP contribution in [0.15, 0.2) is 53.1 Å². The highest BCUT2D eigenvalue weighted by atomic mass is 16.3. The Morgan fingerprint density at radius 2 is 1.94 bits per heavy atom. The van der Waals surface area contributed by atoms with Gasteiger partial charge in [-0.2, -0.15) is 0 Å². The van der Waals surface area contributed by atoms with E-state index < -0.39 is 0 Å². The van der Waals surface area contributed by atoms with Gasteiger partial charge in [0, 0.05) is 12.6 Å². The summed E-state index contributed by atoms with van der Waals surface area (Å²) in [6, 6.07) is 14.3. The summed E-state index contributed by atoms with van der Waals surface area (Å²) in [5.74, 6) is 0.942. The zero-order valence-corrected chi connectivity index (χ0v) is 9.80.